The van der Waals surface area contributed by atoms with E-state index in [1.165, 1.54) is 11.6 Å². The Morgan fingerprint density at radius 3 is 2.61 bits per heavy atom. The van der Waals surface area contributed by atoms with Gasteiger partial charge in [-0.2, -0.15) is 0 Å². The predicted molar refractivity (Wildman–Crippen MR) is 74.5 cm³/mol. The van der Waals surface area contributed by atoms with E-state index in [1.807, 2.05) is 37.3 Å². The summed E-state index contributed by atoms with van der Waals surface area (Å²) in [6.45, 7) is 2.40. The minimum atomic E-state index is -0.320. The fraction of sp³-hybridized carbons (Fsp3) is 0.200. The van der Waals surface area contributed by atoms with Gasteiger partial charge in [-0.3, -0.25) is 0 Å². The van der Waals surface area contributed by atoms with Crippen molar-refractivity contribution in [2.75, 3.05) is 0 Å². The lowest BCUT2D eigenvalue weighted by Crippen LogP contribution is -1.98. The van der Waals surface area contributed by atoms with Crippen molar-refractivity contribution in [3.63, 3.8) is 0 Å². The molecular formula is C15H14BrFO. The zero-order valence-electron chi connectivity index (χ0n) is 10.1. The average molecular weight is 309 g/mol. The molecule has 3 heteroatoms. The molecule has 18 heavy (non-hydrogen) atoms. The van der Waals surface area contributed by atoms with Gasteiger partial charge in [0.15, 0.2) is 11.6 Å². The van der Waals surface area contributed by atoms with Gasteiger partial charge in [0.1, 0.15) is 6.61 Å². The minimum absolute atomic E-state index is 0.293. The van der Waals surface area contributed by atoms with Crippen LogP contribution >= 0.6 is 15.9 Å². The van der Waals surface area contributed by atoms with Crippen LogP contribution in [0.2, 0.25) is 0 Å². The SMILES string of the molecule is Cc1cccc(COc2ccc(CBr)cc2F)c1. The van der Waals surface area contributed by atoms with Crippen LogP contribution in [-0.2, 0) is 11.9 Å². The van der Waals surface area contributed by atoms with E-state index in [4.69, 9.17) is 4.74 Å². The first-order chi connectivity index (χ1) is 8.69. The van der Waals surface area contributed by atoms with Crippen LogP contribution in [0.5, 0.6) is 5.75 Å². The number of halogens is 2. The smallest absolute Gasteiger partial charge is 0.165 e. The number of hydrogen-bond acceptors (Lipinski definition) is 1. The summed E-state index contributed by atoms with van der Waals surface area (Å²) in [6, 6.07) is 13.0. The van der Waals surface area contributed by atoms with Gasteiger partial charge in [0.05, 0.1) is 0 Å². The zero-order valence-corrected chi connectivity index (χ0v) is 11.7. The van der Waals surface area contributed by atoms with Crippen molar-refractivity contribution in [1.29, 1.82) is 0 Å². The highest BCUT2D eigenvalue weighted by Gasteiger charge is 2.04. The molecule has 0 N–H and O–H groups in total. The lowest BCUT2D eigenvalue weighted by molar-refractivity contribution is 0.290. The van der Waals surface area contributed by atoms with Crippen molar-refractivity contribution in [2.45, 2.75) is 18.9 Å². The van der Waals surface area contributed by atoms with E-state index in [9.17, 15) is 4.39 Å². The van der Waals surface area contributed by atoms with Crippen molar-refractivity contribution >= 4 is 15.9 Å². The molecule has 0 aliphatic heterocycles. The number of hydrogen-bond donors (Lipinski definition) is 0. The van der Waals surface area contributed by atoms with Gasteiger partial charge < -0.3 is 4.74 Å². The summed E-state index contributed by atoms with van der Waals surface area (Å²) in [7, 11) is 0. The highest BCUT2D eigenvalue weighted by Crippen LogP contribution is 2.21. The van der Waals surface area contributed by atoms with E-state index in [1.54, 1.807) is 6.07 Å². The molecule has 0 saturated carbocycles. The van der Waals surface area contributed by atoms with Gasteiger partial charge in [0.2, 0.25) is 0 Å². The van der Waals surface area contributed by atoms with Crippen molar-refractivity contribution in [3.8, 4) is 5.75 Å². The van der Waals surface area contributed by atoms with Crippen molar-refractivity contribution in [2.24, 2.45) is 0 Å². The monoisotopic (exact) mass is 308 g/mol. The maximum absolute atomic E-state index is 13.7. The Labute approximate surface area is 115 Å². The van der Waals surface area contributed by atoms with Gasteiger partial charge in [0.25, 0.3) is 0 Å². The first-order valence-electron chi connectivity index (χ1n) is 5.72. The lowest BCUT2D eigenvalue weighted by atomic mass is 10.1. The van der Waals surface area contributed by atoms with E-state index >= 15 is 0 Å². The second-order valence-corrected chi connectivity index (χ2v) is 4.74. The summed E-state index contributed by atoms with van der Waals surface area (Å²) >= 11 is 3.29. The molecule has 2 rings (SSSR count). The Bertz CT molecular complexity index is 540. The molecule has 0 spiro atoms. The van der Waals surface area contributed by atoms with Crippen LogP contribution in [-0.4, -0.2) is 0 Å². The largest absolute Gasteiger partial charge is 0.486 e. The first-order valence-corrected chi connectivity index (χ1v) is 6.84. The van der Waals surface area contributed by atoms with Gasteiger partial charge in [-0.05, 0) is 30.2 Å². The molecule has 0 bridgehead atoms. The maximum atomic E-state index is 13.7. The molecule has 0 unspecified atom stereocenters. The number of rotatable bonds is 4. The minimum Gasteiger partial charge on any atom is -0.486 e. The Hall–Kier alpha value is -1.35. The summed E-state index contributed by atoms with van der Waals surface area (Å²) in [5, 5.41) is 0.641. The van der Waals surface area contributed by atoms with E-state index < -0.39 is 0 Å². The lowest BCUT2D eigenvalue weighted by Gasteiger charge is -2.08. The number of aryl methyl sites for hydroxylation is 1. The molecule has 0 atom stereocenters. The normalized spacial score (nSPS) is 10.4. The predicted octanol–water partition coefficient (Wildman–Crippen LogP) is 4.61. The third kappa shape index (κ3) is 3.33. The summed E-state index contributed by atoms with van der Waals surface area (Å²) in [4.78, 5) is 0. The van der Waals surface area contributed by atoms with Crippen molar-refractivity contribution < 1.29 is 9.13 Å². The van der Waals surface area contributed by atoms with E-state index in [0.29, 0.717) is 17.7 Å². The molecule has 0 aliphatic rings. The fourth-order valence-corrected chi connectivity index (χ4v) is 2.06. The third-order valence-corrected chi connectivity index (χ3v) is 3.27. The van der Waals surface area contributed by atoms with Gasteiger partial charge in [-0.1, -0.05) is 51.8 Å². The molecule has 0 aromatic heterocycles. The van der Waals surface area contributed by atoms with Crippen LogP contribution < -0.4 is 4.74 Å². The molecule has 1 nitrogen and oxygen atoms in total. The first kappa shape index (κ1) is 13.1. The number of benzene rings is 2. The average Bonchev–Trinajstić information content (AvgIpc) is 2.37. The van der Waals surface area contributed by atoms with Gasteiger partial charge in [-0.15, -0.1) is 0 Å². The van der Waals surface area contributed by atoms with Crippen LogP contribution in [0.4, 0.5) is 4.39 Å². The molecule has 0 radical (unpaired) electrons. The van der Waals surface area contributed by atoms with Gasteiger partial charge in [-0.25, -0.2) is 4.39 Å². The van der Waals surface area contributed by atoms with Gasteiger partial charge in [0, 0.05) is 5.33 Å². The van der Waals surface area contributed by atoms with E-state index in [2.05, 4.69) is 15.9 Å². The molecular weight excluding hydrogens is 295 g/mol. The highest BCUT2D eigenvalue weighted by molar-refractivity contribution is 9.08. The van der Waals surface area contributed by atoms with Crippen molar-refractivity contribution in [1.82, 2.24) is 0 Å². The van der Waals surface area contributed by atoms with E-state index in [-0.39, 0.29) is 5.82 Å². The zero-order chi connectivity index (χ0) is 13.0. The third-order valence-electron chi connectivity index (χ3n) is 2.63. The molecule has 2 aromatic carbocycles. The summed E-state index contributed by atoms with van der Waals surface area (Å²) in [5.41, 5.74) is 3.11. The molecule has 94 valence electrons. The van der Waals surface area contributed by atoms with E-state index in [0.717, 1.165) is 11.1 Å². The van der Waals surface area contributed by atoms with Crippen LogP contribution in [0.1, 0.15) is 16.7 Å². The molecule has 0 fully saturated rings. The maximum Gasteiger partial charge on any atom is 0.165 e. The molecule has 0 heterocycles. The summed E-state index contributed by atoms with van der Waals surface area (Å²) in [5.74, 6) is -0.0270. The standard InChI is InChI=1S/C15H14BrFO/c1-11-3-2-4-13(7-11)10-18-15-6-5-12(9-16)8-14(15)17/h2-8H,9-10H2,1H3. The Morgan fingerprint density at radius 2 is 1.94 bits per heavy atom. The van der Waals surface area contributed by atoms with Crippen LogP contribution in [0, 0.1) is 12.7 Å². The van der Waals surface area contributed by atoms with Crippen LogP contribution in [0.3, 0.4) is 0 Å². The highest BCUT2D eigenvalue weighted by atomic mass is 79.9. The Kier molecular flexibility index (Phi) is 4.37. The van der Waals surface area contributed by atoms with Crippen LogP contribution in [0.15, 0.2) is 42.5 Å². The number of alkyl halides is 1. The quantitative estimate of drug-likeness (QED) is 0.750. The Balaban J connectivity index is 2.06. The molecule has 0 amide bonds. The summed E-state index contributed by atoms with van der Waals surface area (Å²) in [6.07, 6.45) is 0. The summed E-state index contributed by atoms with van der Waals surface area (Å²) < 4.78 is 19.2. The molecule has 0 aliphatic carbocycles. The second-order valence-electron chi connectivity index (χ2n) is 4.18. The topological polar surface area (TPSA) is 9.23 Å². The second kappa shape index (κ2) is 6.01. The fourth-order valence-electron chi connectivity index (χ4n) is 1.71. The van der Waals surface area contributed by atoms with Crippen LogP contribution in [0.25, 0.3) is 0 Å². The molecule has 0 saturated heterocycles. The number of ether oxygens (including phenoxy) is 1. The van der Waals surface area contributed by atoms with Crippen molar-refractivity contribution in [3.05, 3.63) is 65.0 Å². The Morgan fingerprint density at radius 1 is 1.11 bits per heavy atom. The molecule has 2 aromatic rings. The van der Waals surface area contributed by atoms with Gasteiger partial charge >= 0.3 is 0 Å².